The van der Waals surface area contributed by atoms with E-state index in [1.807, 2.05) is 0 Å². The molecule has 3 heteroatoms. The van der Waals surface area contributed by atoms with Crippen LogP contribution < -0.4 is 5.73 Å². The summed E-state index contributed by atoms with van der Waals surface area (Å²) in [5.74, 6) is 3.71. The molecule has 2 N–H and O–H groups in total. The Morgan fingerprint density at radius 1 is 1.04 bits per heavy atom. The normalized spacial score (nSPS) is 38.1. The van der Waals surface area contributed by atoms with Crippen LogP contribution in [-0.2, 0) is 0 Å². The molecule has 0 radical (unpaired) electrons. The molecular formula is C21H29N3. The SMILES string of the molecule is Nc1ccc(C2C3CCC(C3)C23CCC(N2CCCCC2)=N3)cc1. The van der Waals surface area contributed by atoms with Crippen LogP contribution in [0.15, 0.2) is 29.3 Å². The Hall–Kier alpha value is -1.51. The standard InChI is InChI=1S/C21H29N3/c22-18-8-5-15(6-9-18)20-16-4-7-17(14-16)21(20)11-10-19(23-21)24-12-2-1-3-13-24/h5-6,8-9,16-17,20H,1-4,7,10-14,22H2. The highest BCUT2D eigenvalue weighted by Gasteiger charge is 2.60. The van der Waals surface area contributed by atoms with Crippen LogP contribution in [0.5, 0.6) is 0 Å². The van der Waals surface area contributed by atoms with Gasteiger partial charge >= 0.3 is 0 Å². The highest BCUT2D eigenvalue weighted by molar-refractivity contribution is 5.85. The second-order valence-electron chi connectivity index (χ2n) is 8.48. The fraction of sp³-hybridized carbons (Fsp3) is 0.667. The molecule has 1 aromatic rings. The summed E-state index contributed by atoms with van der Waals surface area (Å²) in [6.07, 6.45) is 10.8. The van der Waals surface area contributed by atoms with Gasteiger partial charge in [-0.15, -0.1) is 0 Å². The molecular weight excluding hydrogens is 294 g/mol. The minimum absolute atomic E-state index is 0.200. The van der Waals surface area contributed by atoms with Crippen molar-refractivity contribution < 1.29 is 0 Å². The van der Waals surface area contributed by atoms with Crippen molar-refractivity contribution >= 4 is 11.5 Å². The van der Waals surface area contributed by atoms with Crippen LogP contribution in [0.1, 0.15) is 62.8 Å². The predicted octanol–water partition coefficient (Wildman–Crippen LogP) is 4.20. The van der Waals surface area contributed by atoms with E-state index in [4.69, 9.17) is 10.7 Å². The Kier molecular flexibility index (Phi) is 3.39. The maximum atomic E-state index is 5.93. The van der Waals surface area contributed by atoms with E-state index in [0.29, 0.717) is 5.92 Å². The average Bonchev–Trinajstić information content (AvgIpc) is 3.32. The van der Waals surface area contributed by atoms with Crippen molar-refractivity contribution in [3.8, 4) is 0 Å². The van der Waals surface area contributed by atoms with Gasteiger partial charge in [-0.3, -0.25) is 4.99 Å². The molecule has 4 atom stereocenters. The first-order valence-corrected chi connectivity index (χ1v) is 9.95. The molecule has 2 saturated carbocycles. The first kappa shape index (κ1) is 14.8. The van der Waals surface area contributed by atoms with Crippen molar-refractivity contribution in [2.45, 2.75) is 62.8 Å². The van der Waals surface area contributed by atoms with Crippen molar-refractivity contribution in [1.82, 2.24) is 4.90 Å². The zero-order valence-corrected chi connectivity index (χ0v) is 14.6. The molecule has 1 aromatic carbocycles. The Balaban J connectivity index is 1.50. The summed E-state index contributed by atoms with van der Waals surface area (Å²) in [6, 6.07) is 8.71. The number of hydrogen-bond donors (Lipinski definition) is 1. The molecule has 4 unspecified atom stereocenters. The molecule has 0 aromatic heterocycles. The number of amidine groups is 1. The fourth-order valence-electron chi connectivity index (χ4n) is 6.26. The Morgan fingerprint density at radius 3 is 2.62 bits per heavy atom. The van der Waals surface area contributed by atoms with Crippen LogP contribution in [0.3, 0.4) is 0 Å². The van der Waals surface area contributed by atoms with Gasteiger partial charge in [0.2, 0.25) is 0 Å². The summed E-state index contributed by atoms with van der Waals surface area (Å²) in [5, 5.41) is 0. The molecule has 2 aliphatic heterocycles. The molecule has 128 valence electrons. The summed E-state index contributed by atoms with van der Waals surface area (Å²) < 4.78 is 0. The average molecular weight is 323 g/mol. The molecule has 3 fully saturated rings. The number of anilines is 1. The van der Waals surface area contributed by atoms with Gasteiger partial charge in [0.05, 0.1) is 11.4 Å². The van der Waals surface area contributed by atoms with E-state index in [2.05, 4.69) is 29.2 Å². The second kappa shape index (κ2) is 5.50. The number of benzene rings is 1. The smallest absolute Gasteiger partial charge is 0.0997 e. The van der Waals surface area contributed by atoms with E-state index < -0.39 is 0 Å². The molecule has 1 spiro atoms. The lowest BCUT2D eigenvalue weighted by molar-refractivity contribution is 0.234. The monoisotopic (exact) mass is 323 g/mol. The molecule has 2 aliphatic carbocycles. The number of nitrogens with two attached hydrogens (primary N) is 1. The lowest BCUT2D eigenvalue weighted by Crippen LogP contribution is -2.39. The number of nitrogen functional groups attached to an aromatic ring is 1. The number of nitrogens with zero attached hydrogens (tertiary/aromatic N) is 2. The van der Waals surface area contributed by atoms with Gasteiger partial charge in [0, 0.05) is 31.1 Å². The van der Waals surface area contributed by atoms with Crippen LogP contribution in [0.4, 0.5) is 5.69 Å². The van der Waals surface area contributed by atoms with Gasteiger partial charge in [-0.1, -0.05) is 12.1 Å². The third-order valence-corrected chi connectivity index (χ3v) is 7.29. The van der Waals surface area contributed by atoms with Crippen molar-refractivity contribution in [1.29, 1.82) is 0 Å². The number of piperidine rings is 1. The van der Waals surface area contributed by atoms with Crippen molar-refractivity contribution in [3.63, 3.8) is 0 Å². The summed E-state index contributed by atoms with van der Waals surface area (Å²) in [7, 11) is 0. The first-order valence-electron chi connectivity index (χ1n) is 9.95. The van der Waals surface area contributed by atoms with E-state index in [1.54, 1.807) is 0 Å². The summed E-state index contributed by atoms with van der Waals surface area (Å²) in [6.45, 7) is 2.46. The van der Waals surface area contributed by atoms with Gasteiger partial charge in [0.1, 0.15) is 0 Å². The fourth-order valence-corrected chi connectivity index (χ4v) is 6.26. The zero-order valence-electron chi connectivity index (χ0n) is 14.6. The van der Waals surface area contributed by atoms with Gasteiger partial charge in [-0.2, -0.15) is 0 Å². The van der Waals surface area contributed by atoms with Crippen LogP contribution in [0.25, 0.3) is 0 Å². The Labute approximate surface area is 145 Å². The number of hydrogen-bond acceptors (Lipinski definition) is 3. The quantitative estimate of drug-likeness (QED) is 0.787. The Bertz CT molecular complexity index is 644. The molecule has 1 saturated heterocycles. The van der Waals surface area contributed by atoms with Gasteiger partial charge in [0.25, 0.3) is 0 Å². The van der Waals surface area contributed by atoms with E-state index in [-0.39, 0.29) is 5.54 Å². The minimum Gasteiger partial charge on any atom is -0.399 e. The summed E-state index contributed by atoms with van der Waals surface area (Å²) in [5.41, 5.74) is 8.49. The topological polar surface area (TPSA) is 41.6 Å². The summed E-state index contributed by atoms with van der Waals surface area (Å²) >= 11 is 0. The lowest BCUT2D eigenvalue weighted by Gasteiger charge is -2.39. The molecule has 2 bridgehead atoms. The minimum atomic E-state index is 0.200. The maximum Gasteiger partial charge on any atom is 0.0997 e. The van der Waals surface area contributed by atoms with E-state index >= 15 is 0 Å². The van der Waals surface area contributed by atoms with Gasteiger partial charge < -0.3 is 10.6 Å². The van der Waals surface area contributed by atoms with Gasteiger partial charge in [-0.25, -0.2) is 0 Å². The molecule has 0 amide bonds. The van der Waals surface area contributed by atoms with Gasteiger partial charge in [0.15, 0.2) is 0 Å². The van der Waals surface area contributed by atoms with E-state index in [0.717, 1.165) is 17.5 Å². The predicted molar refractivity (Wildman–Crippen MR) is 99.3 cm³/mol. The van der Waals surface area contributed by atoms with Crippen molar-refractivity contribution in [2.24, 2.45) is 16.8 Å². The van der Waals surface area contributed by atoms with Crippen molar-refractivity contribution in [2.75, 3.05) is 18.8 Å². The molecule has 4 aliphatic rings. The van der Waals surface area contributed by atoms with E-state index in [9.17, 15) is 0 Å². The number of fused-ring (bicyclic) bond motifs is 3. The highest BCUT2D eigenvalue weighted by Crippen LogP contribution is 2.63. The lowest BCUT2D eigenvalue weighted by atomic mass is 9.69. The van der Waals surface area contributed by atoms with Crippen LogP contribution in [0.2, 0.25) is 0 Å². The van der Waals surface area contributed by atoms with Gasteiger partial charge in [-0.05, 0) is 74.5 Å². The van der Waals surface area contributed by atoms with Crippen LogP contribution in [0, 0.1) is 11.8 Å². The van der Waals surface area contributed by atoms with Crippen LogP contribution >= 0.6 is 0 Å². The van der Waals surface area contributed by atoms with Crippen LogP contribution in [-0.4, -0.2) is 29.4 Å². The highest BCUT2D eigenvalue weighted by atomic mass is 15.2. The number of aliphatic imine (C=N–C) groups is 1. The third kappa shape index (κ3) is 2.13. The molecule has 5 rings (SSSR count). The number of rotatable bonds is 1. The maximum absolute atomic E-state index is 5.93. The summed E-state index contributed by atoms with van der Waals surface area (Å²) in [4.78, 5) is 8.12. The number of likely N-dealkylation sites (tertiary alicyclic amines) is 1. The first-order chi connectivity index (χ1) is 11.8. The third-order valence-electron chi connectivity index (χ3n) is 7.29. The Morgan fingerprint density at radius 2 is 1.83 bits per heavy atom. The largest absolute Gasteiger partial charge is 0.399 e. The zero-order chi connectivity index (χ0) is 16.1. The second-order valence-corrected chi connectivity index (χ2v) is 8.48. The molecule has 2 heterocycles. The van der Waals surface area contributed by atoms with E-state index in [1.165, 1.54) is 75.9 Å². The van der Waals surface area contributed by atoms with Crippen molar-refractivity contribution in [3.05, 3.63) is 29.8 Å². The molecule has 24 heavy (non-hydrogen) atoms. The molecule has 3 nitrogen and oxygen atoms in total.